The first-order valence-electron chi connectivity index (χ1n) is 11.7. The number of rotatable bonds is 7. The van der Waals surface area contributed by atoms with Gasteiger partial charge < -0.3 is 24.3 Å². The van der Waals surface area contributed by atoms with Crippen molar-refractivity contribution in [2.24, 2.45) is 0 Å². The molecule has 1 atom stereocenters. The minimum absolute atomic E-state index is 0.0229. The van der Waals surface area contributed by atoms with Crippen molar-refractivity contribution < 1.29 is 14.3 Å². The molecule has 35 heavy (non-hydrogen) atoms. The van der Waals surface area contributed by atoms with Gasteiger partial charge in [-0.15, -0.1) is 0 Å². The molecule has 0 aliphatic carbocycles. The second-order valence-electron chi connectivity index (χ2n) is 8.72. The predicted octanol–water partition coefficient (Wildman–Crippen LogP) is 4.07. The van der Waals surface area contributed by atoms with Crippen molar-refractivity contribution in [1.29, 1.82) is 0 Å². The van der Waals surface area contributed by atoms with E-state index in [1.54, 1.807) is 37.5 Å². The summed E-state index contributed by atoms with van der Waals surface area (Å²) in [6.45, 7) is 4.64. The minimum atomic E-state index is -0.620. The van der Waals surface area contributed by atoms with Crippen LogP contribution in [0.25, 0.3) is 10.9 Å². The summed E-state index contributed by atoms with van der Waals surface area (Å²) in [6, 6.07) is 7.34. The number of fused-ring (bicyclic) bond motifs is 1. The Kier molecular flexibility index (Phi) is 6.86. The largest absolute Gasteiger partial charge is 0.474 e. The summed E-state index contributed by atoms with van der Waals surface area (Å²) in [5, 5.41) is 4.58. The van der Waals surface area contributed by atoms with Gasteiger partial charge in [-0.2, -0.15) is 0 Å². The van der Waals surface area contributed by atoms with Crippen molar-refractivity contribution in [2.45, 2.75) is 31.8 Å². The molecule has 8 nitrogen and oxygen atoms in total. The average molecular weight is 517 g/mol. The first-order valence-corrected chi connectivity index (χ1v) is 12.5. The Morgan fingerprint density at radius 3 is 2.80 bits per heavy atom. The summed E-state index contributed by atoms with van der Waals surface area (Å²) in [7, 11) is 0. The molecule has 0 bridgehead atoms. The van der Waals surface area contributed by atoms with Crippen LogP contribution in [0.15, 0.2) is 41.5 Å². The molecule has 4 heterocycles. The number of hydrogen-bond donors (Lipinski definition) is 1. The van der Waals surface area contributed by atoms with E-state index in [0.717, 1.165) is 43.7 Å². The number of aromatic nitrogens is 2. The molecule has 2 aliphatic heterocycles. The summed E-state index contributed by atoms with van der Waals surface area (Å²) in [6.07, 6.45) is 5.19. The van der Waals surface area contributed by atoms with Gasteiger partial charge in [0, 0.05) is 37.4 Å². The zero-order valence-electron chi connectivity index (χ0n) is 19.3. The number of pyridine rings is 2. The zero-order chi connectivity index (χ0) is 24.5. The summed E-state index contributed by atoms with van der Waals surface area (Å²) in [5.41, 5.74) is 1.23. The maximum absolute atomic E-state index is 13.2. The quantitative estimate of drug-likeness (QED) is 0.473. The van der Waals surface area contributed by atoms with Crippen molar-refractivity contribution >= 4 is 45.8 Å². The summed E-state index contributed by atoms with van der Waals surface area (Å²) in [5.74, 6) is -0.214. The minimum Gasteiger partial charge on any atom is -0.474 e. The Morgan fingerprint density at radius 2 is 2.09 bits per heavy atom. The van der Waals surface area contributed by atoms with Crippen LogP contribution in [0.5, 0.6) is 5.88 Å². The number of nitrogens with zero attached hydrogens (tertiary/aromatic N) is 3. The van der Waals surface area contributed by atoms with Gasteiger partial charge in [-0.25, -0.2) is 9.78 Å². The van der Waals surface area contributed by atoms with Crippen LogP contribution in [0.2, 0.25) is 10.0 Å². The van der Waals surface area contributed by atoms with Gasteiger partial charge in [0.1, 0.15) is 17.2 Å². The normalized spacial score (nSPS) is 18.0. The molecular formula is C25H26Cl2N4O4. The molecule has 1 aromatic carbocycles. The van der Waals surface area contributed by atoms with Gasteiger partial charge in [0.05, 0.1) is 34.9 Å². The van der Waals surface area contributed by atoms with Crippen LogP contribution in [-0.2, 0) is 4.74 Å². The van der Waals surface area contributed by atoms with E-state index < -0.39 is 5.97 Å². The van der Waals surface area contributed by atoms with E-state index in [-0.39, 0.29) is 29.7 Å². The van der Waals surface area contributed by atoms with E-state index in [4.69, 9.17) is 32.7 Å². The highest BCUT2D eigenvalue weighted by Gasteiger charge is 2.30. The highest BCUT2D eigenvalue weighted by atomic mass is 35.5. The topological polar surface area (TPSA) is 85.7 Å². The lowest BCUT2D eigenvalue weighted by Crippen LogP contribution is -2.44. The van der Waals surface area contributed by atoms with Crippen LogP contribution in [0.1, 0.15) is 36.2 Å². The van der Waals surface area contributed by atoms with Gasteiger partial charge in [-0.1, -0.05) is 23.2 Å². The number of anilines is 1. The smallest absolute Gasteiger partial charge is 0.343 e. The van der Waals surface area contributed by atoms with Crippen molar-refractivity contribution in [2.75, 3.05) is 37.7 Å². The second kappa shape index (κ2) is 10.0. The Labute approximate surface area is 212 Å². The highest BCUT2D eigenvalue weighted by molar-refractivity contribution is 6.34. The standard InChI is InChI=1S/C25H26Cl2N4O4/c1-2-34-25(33)18-13-31(16-11-28-12-16)21-10-22(20(27)9-17(21)23(18)32)30-8-4-5-15(30)14-35-24-19(26)6-3-7-29-24/h3,6-7,9-10,13,15-16,28H,2,4-5,8,11-12,14H2,1H3. The predicted molar refractivity (Wildman–Crippen MR) is 136 cm³/mol. The number of ether oxygens (including phenoxy) is 2. The molecule has 184 valence electrons. The van der Waals surface area contributed by atoms with Crippen LogP contribution in [0.3, 0.4) is 0 Å². The molecule has 1 N–H and O–H groups in total. The van der Waals surface area contributed by atoms with Crippen LogP contribution < -0.4 is 20.4 Å². The molecule has 2 fully saturated rings. The van der Waals surface area contributed by atoms with Crippen LogP contribution >= 0.6 is 23.2 Å². The first kappa shape index (κ1) is 23.9. The Bertz CT molecular complexity index is 1320. The van der Waals surface area contributed by atoms with E-state index in [9.17, 15) is 9.59 Å². The van der Waals surface area contributed by atoms with E-state index in [1.807, 2.05) is 10.6 Å². The second-order valence-corrected chi connectivity index (χ2v) is 9.54. The van der Waals surface area contributed by atoms with Gasteiger partial charge in [0.15, 0.2) is 0 Å². The zero-order valence-corrected chi connectivity index (χ0v) is 20.8. The lowest BCUT2D eigenvalue weighted by molar-refractivity contribution is 0.0524. The molecule has 5 rings (SSSR count). The monoisotopic (exact) mass is 516 g/mol. The van der Waals surface area contributed by atoms with Gasteiger partial charge in [-0.3, -0.25) is 4.79 Å². The third-order valence-corrected chi connectivity index (χ3v) is 7.16. The number of carbonyl (C=O) groups is 1. The summed E-state index contributed by atoms with van der Waals surface area (Å²) >= 11 is 12.9. The van der Waals surface area contributed by atoms with Crippen LogP contribution in [-0.4, -0.2) is 54.4 Å². The third kappa shape index (κ3) is 4.58. The maximum atomic E-state index is 13.2. The molecule has 10 heteroatoms. The van der Waals surface area contributed by atoms with Crippen molar-refractivity contribution in [3.05, 3.63) is 62.5 Å². The molecule has 2 aliphatic rings. The molecule has 2 aromatic heterocycles. The fraction of sp³-hybridized carbons (Fsp3) is 0.400. The van der Waals surface area contributed by atoms with E-state index in [0.29, 0.717) is 27.9 Å². The van der Waals surface area contributed by atoms with Crippen molar-refractivity contribution in [1.82, 2.24) is 14.9 Å². The Balaban J connectivity index is 1.52. The van der Waals surface area contributed by atoms with Crippen molar-refractivity contribution in [3.63, 3.8) is 0 Å². The lowest BCUT2D eigenvalue weighted by atomic mass is 10.1. The molecule has 3 aromatic rings. The SMILES string of the molecule is CCOC(=O)c1cn(C2CNC2)c2cc(N3CCCC3COc3ncccc3Cl)c(Cl)cc2c1=O. The molecular weight excluding hydrogens is 491 g/mol. The van der Waals surface area contributed by atoms with Gasteiger partial charge >= 0.3 is 5.97 Å². The number of hydrogen-bond acceptors (Lipinski definition) is 7. The molecule has 0 amide bonds. The van der Waals surface area contributed by atoms with Crippen LogP contribution in [0.4, 0.5) is 5.69 Å². The Hall–Kier alpha value is -2.81. The van der Waals surface area contributed by atoms with Crippen LogP contribution in [0, 0.1) is 0 Å². The number of esters is 1. The third-order valence-electron chi connectivity index (χ3n) is 6.57. The summed E-state index contributed by atoms with van der Waals surface area (Å²) in [4.78, 5) is 32.1. The number of nitrogens with one attached hydrogen (secondary N) is 1. The maximum Gasteiger partial charge on any atom is 0.343 e. The fourth-order valence-electron chi connectivity index (χ4n) is 4.68. The molecule has 0 spiro atoms. The van der Waals surface area contributed by atoms with E-state index >= 15 is 0 Å². The highest BCUT2D eigenvalue weighted by Crippen LogP contribution is 2.36. The molecule has 1 unspecified atom stereocenters. The van der Waals surface area contributed by atoms with Crippen molar-refractivity contribution in [3.8, 4) is 5.88 Å². The Morgan fingerprint density at radius 1 is 1.26 bits per heavy atom. The fourth-order valence-corrected chi connectivity index (χ4v) is 5.13. The molecule has 0 radical (unpaired) electrons. The van der Waals surface area contributed by atoms with E-state index in [1.165, 1.54) is 0 Å². The molecule has 0 saturated carbocycles. The molecule has 2 saturated heterocycles. The number of carbonyl (C=O) groups excluding carboxylic acids is 1. The van der Waals surface area contributed by atoms with Gasteiger partial charge in [0.2, 0.25) is 11.3 Å². The lowest BCUT2D eigenvalue weighted by Gasteiger charge is -2.32. The number of benzene rings is 1. The van der Waals surface area contributed by atoms with E-state index in [2.05, 4.69) is 15.2 Å². The van der Waals surface area contributed by atoms with Gasteiger partial charge in [0.25, 0.3) is 0 Å². The first-order chi connectivity index (χ1) is 17.0. The number of halogens is 2. The summed E-state index contributed by atoms with van der Waals surface area (Å²) < 4.78 is 13.1. The average Bonchev–Trinajstić information content (AvgIpc) is 3.27. The van der Waals surface area contributed by atoms with Gasteiger partial charge in [-0.05, 0) is 44.0 Å².